The molecule has 0 saturated heterocycles. The van der Waals surface area contributed by atoms with Crippen molar-refractivity contribution in [1.29, 1.82) is 0 Å². The maximum atomic E-state index is 12.1. The minimum absolute atomic E-state index is 0.144. The van der Waals surface area contributed by atoms with E-state index >= 15 is 0 Å². The topological polar surface area (TPSA) is 128 Å². The van der Waals surface area contributed by atoms with Crippen LogP contribution < -0.4 is 16.8 Å². The Bertz CT molecular complexity index is 740. The van der Waals surface area contributed by atoms with Gasteiger partial charge in [0.25, 0.3) is 0 Å². The molecule has 0 aromatic heterocycles. The molecule has 1 amide bonds. The minimum Gasteiger partial charge on any atom is -0.460 e. The van der Waals surface area contributed by atoms with Crippen LogP contribution in [0.4, 0.5) is 0 Å². The third-order valence-corrected chi connectivity index (χ3v) is 4.42. The molecule has 150 valence electrons. The number of carbonyl (C=O) groups excluding carboxylic acids is 2. The van der Waals surface area contributed by atoms with E-state index in [-0.39, 0.29) is 26.1 Å². The standard InChI is InChI=1S/C21H27N3O4/c22-17(21(27)28-14-15-7-3-1-4-8-15)11-12-18(20(23)26)24-19(13-25)16-9-5-2-6-10-16/h1-10,17-19,24-25H,11-14,22H2,(H2,23,26). The van der Waals surface area contributed by atoms with Crippen LogP contribution in [0, 0.1) is 0 Å². The second kappa shape index (κ2) is 11.2. The van der Waals surface area contributed by atoms with Crippen molar-refractivity contribution in [3.63, 3.8) is 0 Å². The normalized spacial score (nSPS) is 14.1. The van der Waals surface area contributed by atoms with Crippen molar-refractivity contribution in [3.05, 3.63) is 71.8 Å². The van der Waals surface area contributed by atoms with Crippen LogP contribution in [0.15, 0.2) is 60.7 Å². The molecule has 0 heterocycles. The van der Waals surface area contributed by atoms with Crippen molar-refractivity contribution in [2.24, 2.45) is 11.5 Å². The van der Waals surface area contributed by atoms with Gasteiger partial charge in [-0.3, -0.25) is 14.9 Å². The summed E-state index contributed by atoms with van der Waals surface area (Å²) in [7, 11) is 0. The average Bonchev–Trinajstić information content (AvgIpc) is 2.73. The molecule has 0 radical (unpaired) electrons. The highest BCUT2D eigenvalue weighted by atomic mass is 16.5. The molecule has 28 heavy (non-hydrogen) atoms. The molecule has 0 aliphatic carbocycles. The van der Waals surface area contributed by atoms with E-state index in [4.69, 9.17) is 16.2 Å². The van der Waals surface area contributed by atoms with Gasteiger partial charge in [-0.15, -0.1) is 0 Å². The molecule has 0 saturated carbocycles. The molecular weight excluding hydrogens is 358 g/mol. The zero-order chi connectivity index (χ0) is 20.4. The van der Waals surface area contributed by atoms with Gasteiger partial charge >= 0.3 is 5.97 Å². The molecule has 7 nitrogen and oxygen atoms in total. The van der Waals surface area contributed by atoms with E-state index in [1.54, 1.807) is 0 Å². The number of aliphatic hydroxyl groups excluding tert-OH is 1. The lowest BCUT2D eigenvalue weighted by atomic mass is 10.0. The third kappa shape index (κ3) is 6.77. The van der Waals surface area contributed by atoms with Crippen LogP contribution in [0.25, 0.3) is 0 Å². The molecule has 0 aliphatic rings. The number of amides is 1. The number of nitrogens with one attached hydrogen (secondary N) is 1. The Kier molecular flexibility index (Phi) is 8.61. The van der Waals surface area contributed by atoms with E-state index in [0.29, 0.717) is 0 Å². The summed E-state index contributed by atoms with van der Waals surface area (Å²) in [6, 6.07) is 16.5. The molecule has 3 atom stereocenters. The number of benzene rings is 2. The summed E-state index contributed by atoms with van der Waals surface area (Å²) in [5.74, 6) is -1.10. The Morgan fingerprint density at radius 2 is 1.61 bits per heavy atom. The summed E-state index contributed by atoms with van der Waals surface area (Å²) >= 11 is 0. The SMILES string of the molecule is NC(=O)C(CCC(N)C(=O)OCc1ccccc1)NC(CO)c1ccccc1. The van der Waals surface area contributed by atoms with Crippen molar-refractivity contribution in [1.82, 2.24) is 5.32 Å². The summed E-state index contributed by atoms with van der Waals surface area (Å²) < 4.78 is 5.21. The largest absolute Gasteiger partial charge is 0.460 e. The highest BCUT2D eigenvalue weighted by Gasteiger charge is 2.23. The summed E-state index contributed by atoms with van der Waals surface area (Å²) in [6.45, 7) is -0.0512. The van der Waals surface area contributed by atoms with Gasteiger partial charge in [-0.05, 0) is 24.0 Å². The number of primary amides is 1. The van der Waals surface area contributed by atoms with Gasteiger partial charge in [0.05, 0.1) is 18.7 Å². The number of esters is 1. The Labute approximate surface area is 164 Å². The van der Waals surface area contributed by atoms with E-state index in [1.165, 1.54) is 0 Å². The van der Waals surface area contributed by atoms with E-state index in [1.807, 2.05) is 60.7 Å². The number of aliphatic hydroxyl groups is 1. The number of hydrogen-bond donors (Lipinski definition) is 4. The van der Waals surface area contributed by atoms with E-state index < -0.39 is 30.0 Å². The second-order valence-corrected chi connectivity index (χ2v) is 6.54. The molecule has 0 bridgehead atoms. The fourth-order valence-corrected chi connectivity index (χ4v) is 2.79. The Morgan fingerprint density at radius 1 is 1.00 bits per heavy atom. The van der Waals surface area contributed by atoms with Crippen molar-refractivity contribution < 1.29 is 19.4 Å². The van der Waals surface area contributed by atoms with Crippen molar-refractivity contribution in [2.45, 2.75) is 37.6 Å². The summed E-state index contributed by atoms with van der Waals surface area (Å²) in [4.78, 5) is 23.9. The molecular formula is C21H27N3O4. The average molecular weight is 385 g/mol. The van der Waals surface area contributed by atoms with Crippen LogP contribution in [0.3, 0.4) is 0 Å². The van der Waals surface area contributed by atoms with Gasteiger partial charge in [-0.1, -0.05) is 60.7 Å². The third-order valence-electron chi connectivity index (χ3n) is 4.42. The van der Waals surface area contributed by atoms with Crippen LogP contribution in [-0.4, -0.2) is 35.7 Å². The first-order chi connectivity index (χ1) is 13.5. The number of rotatable bonds is 11. The first-order valence-corrected chi connectivity index (χ1v) is 9.18. The Balaban J connectivity index is 1.86. The monoisotopic (exact) mass is 385 g/mol. The van der Waals surface area contributed by atoms with Gasteiger partial charge in [-0.25, -0.2) is 0 Å². The molecule has 0 fully saturated rings. The molecule has 2 rings (SSSR count). The number of hydrogen-bond acceptors (Lipinski definition) is 6. The summed E-state index contributed by atoms with van der Waals surface area (Å²) in [6.07, 6.45) is 0.474. The maximum Gasteiger partial charge on any atom is 0.323 e. The Morgan fingerprint density at radius 3 is 2.18 bits per heavy atom. The highest BCUT2D eigenvalue weighted by molar-refractivity contribution is 5.80. The van der Waals surface area contributed by atoms with Gasteiger partial charge in [0.2, 0.25) is 5.91 Å². The van der Waals surface area contributed by atoms with Gasteiger partial charge in [-0.2, -0.15) is 0 Å². The minimum atomic E-state index is -0.864. The van der Waals surface area contributed by atoms with Crippen LogP contribution in [0.1, 0.15) is 30.0 Å². The molecule has 6 N–H and O–H groups in total. The van der Waals surface area contributed by atoms with Crippen LogP contribution >= 0.6 is 0 Å². The van der Waals surface area contributed by atoms with Crippen molar-refractivity contribution >= 4 is 11.9 Å². The van der Waals surface area contributed by atoms with Crippen molar-refractivity contribution in [2.75, 3.05) is 6.61 Å². The van der Waals surface area contributed by atoms with Crippen LogP contribution in [0.2, 0.25) is 0 Å². The molecule has 3 unspecified atom stereocenters. The van der Waals surface area contributed by atoms with Crippen molar-refractivity contribution in [3.8, 4) is 0 Å². The molecule has 0 spiro atoms. The summed E-state index contributed by atoms with van der Waals surface area (Å²) in [5, 5.41) is 12.7. The lowest BCUT2D eigenvalue weighted by Crippen LogP contribution is -2.45. The fourth-order valence-electron chi connectivity index (χ4n) is 2.79. The number of ether oxygens (including phenoxy) is 1. The molecule has 0 aliphatic heterocycles. The van der Waals surface area contributed by atoms with Gasteiger partial charge in [0.1, 0.15) is 12.6 Å². The predicted octanol–water partition coefficient (Wildman–Crippen LogP) is 1.01. The highest BCUT2D eigenvalue weighted by Crippen LogP contribution is 2.14. The number of nitrogens with two attached hydrogens (primary N) is 2. The summed E-state index contributed by atoms with van der Waals surface area (Å²) in [5.41, 5.74) is 13.1. The molecule has 7 heteroatoms. The molecule has 2 aromatic rings. The van der Waals surface area contributed by atoms with Crippen LogP contribution in [-0.2, 0) is 20.9 Å². The quantitative estimate of drug-likeness (QED) is 0.428. The van der Waals surface area contributed by atoms with Crippen LogP contribution in [0.5, 0.6) is 0 Å². The maximum absolute atomic E-state index is 12.1. The lowest BCUT2D eigenvalue weighted by Gasteiger charge is -2.23. The predicted molar refractivity (Wildman–Crippen MR) is 106 cm³/mol. The van der Waals surface area contributed by atoms with E-state index in [9.17, 15) is 14.7 Å². The fraction of sp³-hybridized carbons (Fsp3) is 0.333. The second-order valence-electron chi connectivity index (χ2n) is 6.54. The number of carbonyl (C=O) groups is 2. The lowest BCUT2D eigenvalue weighted by molar-refractivity contribution is -0.146. The Hall–Kier alpha value is -2.74. The first kappa shape index (κ1) is 21.6. The van der Waals surface area contributed by atoms with E-state index in [0.717, 1.165) is 11.1 Å². The smallest absolute Gasteiger partial charge is 0.323 e. The molecule has 2 aromatic carbocycles. The zero-order valence-electron chi connectivity index (χ0n) is 15.7. The zero-order valence-corrected chi connectivity index (χ0v) is 15.7. The van der Waals surface area contributed by atoms with Gasteiger partial charge < -0.3 is 21.3 Å². The van der Waals surface area contributed by atoms with Gasteiger partial charge in [0.15, 0.2) is 0 Å². The van der Waals surface area contributed by atoms with Gasteiger partial charge in [0, 0.05) is 0 Å². The first-order valence-electron chi connectivity index (χ1n) is 9.18. The van der Waals surface area contributed by atoms with E-state index in [2.05, 4.69) is 5.32 Å².